The molecule has 0 aliphatic heterocycles. The molecule has 0 heterocycles. The van der Waals surface area contributed by atoms with Gasteiger partial charge in [0.2, 0.25) is 0 Å². The monoisotopic (exact) mass is 169 g/mol. The summed E-state index contributed by atoms with van der Waals surface area (Å²) in [5.41, 5.74) is 0.348. The molecule has 0 aromatic heterocycles. The van der Waals surface area contributed by atoms with Crippen molar-refractivity contribution < 1.29 is 5.11 Å². The summed E-state index contributed by atoms with van der Waals surface area (Å²) >= 11 is 0. The van der Waals surface area contributed by atoms with Crippen LogP contribution in [0.25, 0.3) is 0 Å². The Morgan fingerprint density at radius 2 is 1.83 bits per heavy atom. The first-order valence-electron chi connectivity index (χ1n) is 4.92. The SMILES string of the molecule is [CH2]C1CCC(C(C)(C)C)CC1O. The summed E-state index contributed by atoms with van der Waals surface area (Å²) in [6, 6.07) is 0. The fourth-order valence-corrected chi connectivity index (χ4v) is 2.00. The maximum atomic E-state index is 9.65. The van der Waals surface area contributed by atoms with Crippen LogP contribution in [0, 0.1) is 24.2 Å². The summed E-state index contributed by atoms with van der Waals surface area (Å²) in [5, 5.41) is 9.65. The molecule has 1 N–H and O–H groups in total. The predicted octanol–water partition coefficient (Wildman–Crippen LogP) is 2.64. The highest BCUT2D eigenvalue weighted by molar-refractivity contribution is 4.86. The van der Waals surface area contributed by atoms with Gasteiger partial charge in [-0.3, -0.25) is 0 Å². The van der Waals surface area contributed by atoms with Gasteiger partial charge in [0.05, 0.1) is 6.10 Å². The van der Waals surface area contributed by atoms with Crippen LogP contribution < -0.4 is 0 Å². The fourth-order valence-electron chi connectivity index (χ4n) is 2.00. The first kappa shape index (κ1) is 10.0. The summed E-state index contributed by atoms with van der Waals surface area (Å²) in [4.78, 5) is 0. The lowest BCUT2D eigenvalue weighted by molar-refractivity contribution is 0.0293. The van der Waals surface area contributed by atoms with E-state index in [4.69, 9.17) is 0 Å². The van der Waals surface area contributed by atoms with Crippen molar-refractivity contribution in [3.8, 4) is 0 Å². The highest BCUT2D eigenvalue weighted by atomic mass is 16.3. The third kappa shape index (κ3) is 2.22. The average Bonchev–Trinajstić information content (AvgIpc) is 1.92. The predicted molar refractivity (Wildman–Crippen MR) is 51.6 cm³/mol. The van der Waals surface area contributed by atoms with E-state index in [0.717, 1.165) is 12.8 Å². The molecule has 3 atom stereocenters. The summed E-state index contributed by atoms with van der Waals surface area (Å²) < 4.78 is 0. The molecule has 0 aromatic carbocycles. The molecule has 0 saturated heterocycles. The molecule has 1 saturated carbocycles. The quantitative estimate of drug-likeness (QED) is 0.591. The van der Waals surface area contributed by atoms with Crippen molar-refractivity contribution in [1.29, 1.82) is 0 Å². The molecule has 71 valence electrons. The first-order chi connectivity index (χ1) is 5.41. The maximum Gasteiger partial charge on any atom is 0.0571 e. The topological polar surface area (TPSA) is 20.2 Å². The molecule has 1 aliphatic rings. The van der Waals surface area contributed by atoms with Crippen LogP contribution >= 0.6 is 0 Å². The van der Waals surface area contributed by atoms with Gasteiger partial charge in [-0.2, -0.15) is 0 Å². The third-order valence-electron chi connectivity index (χ3n) is 3.18. The minimum absolute atomic E-state index is 0.164. The Morgan fingerprint density at radius 3 is 2.25 bits per heavy atom. The number of hydrogen-bond donors (Lipinski definition) is 1. The van der Waals surface area contributed by atoms with Crippen LogP contribution in [0.15, 0.2) is 0 Å². The smallest absolute Gasteiger partial charge is 0.0571 e. The lowest BCUT2D eigenvalue weighted by Crippen LogP contribution is -2.33. The molecule has 1 nitrogen and oxygen atoms in total. The second kappa shape index (κ2) is 3.37. The molecule has 0 spiro atoms. The highest BCUT2D eigenvalue weighted by Crippen LogP contribution is 2.39. The number of aliphatic hydroxyl groups excluding tert-OH is 1. The van der Waals surface area contributed by atoms with E-state index in [0.29, 0.717) is 11.3 Å². The second-order valence-electron chi connectivity index (χ2n) is 5.20. The Morgan fingerprint density at radius 1 is 1.25 bits per heavy atom. The first-order valence-corrected chi connectivity index (χ1v) is 4.92. The summed E-state index contributed by atoms with van der Waals surface area (Å²) in [5.74, 6) is 0.939. The molecule has 1 radical (unpaired) electrons. The van der Waals surface area contributed by atoms with Crippen molar-refractivity contribution in [2.24, 2.45) is 17.3 Å². The van der Waals surface area contributed by atoms with Crippen LogP contribution in [-0.2, 0) is 0 Å². The Hall–Kier alpha value is -0.0400. The molecular weight excluding hydrogens is 148 g/mol. The zero-order valence-electron chi connectivity index (χ0n) is 8.51. The molecule has 0 amide bonds. The molecular formula is C11H21O. The Balaban J connectivity index is 2.51. The molecule has 0 aromatic rings. The Labute approximate surface area is 76.2 Å². The van der Waals surface area contributed by atoms with Crippen LogP contribution in [0.3, 0.4) is 0 Å². The minimum Gasteiger partial charge on any atom is -0.393 e. The summed E-state index contributed by atoms with van der Waals surface area (Å²) in [6.45, 7) is 10.7. The van der Waals surface area contributed by atoms with Gasteiger partial charge in [-0.1, -0.05) is 20.8 Å². The van der Waals surface area contributed by atoms with Crippen LogP contribution in [0.1, 0.15) is 40.0 Å². The molecule has 1 aliphatic carbocycles. The molecule has 1 heteroatoms. The van der Waals surface area contributed by atoms with Gasteiger partial charge in [-0.25, -0.2) is 0 Å². The van der Waals surface area contributed by atoms with E-state index < -0.39 is 0 Å². The third-order valence-corrected chi connectivity index (χ3v) is 3.18. The number of hydrogen-bond acceptors (Lipinski definition) is 1. The zero-order valence-corrected chi connectivity index (χ0v) is 8.51. The van der Waals surface area contributed by atoms with E-state index in [1.807, 2.05) is 0 Å². The van der Waals surface area contributed by atoms with E-state index in [-0.39, 0.29) is 12.0 Å². The molecule has 1 fully saturated rings. The van der Waals surface area contributed by atoms with Gasteiger partial charge in [0.1, 0.15) is 0 Å². The van der Waals surface area contributed by atoms with E-state index in [2.05, 4.69) is 27.7 Å². The van der Waals surface area contributed by atoms with Gasteiger partial charge < -0.3 is 5.11 Å². The van der Waals surface area contributed by atoms with Crippen LogP contribution in [-0.4, -0.2) is 11.2 Å². The van der Waals surface area contributed by atoms with Crippen molar-refractivity contribution in [2.75, 3.05) is 0 Å². The minimum atomic E-state index is -0.164. The van der Waals surface area contributed by atoms with Gasteiger partial charge in [0, 0.05) is 0 Å². The average molecular weight is 169 g/mol. The summed E-state index contributed by atoms with van der Waals surface area (Å²) in [7, 11) is 0. The van der Waals surface area contributed by atoms with Gasteiger partial charge in [0.25, 0.3) is 0 Å². The number of rotatable bonds is 0. The van der Waals surface area contributed by atoms with E-state index in [1.165, 1.54) is 6.42 Å². The van der Waals surface area contributed by atoms with Gasteiger partial charge in [0.15, 0.2) is 0 Å². The normalized spacial score (nSPS) is 38.2. The Bertz CT molecular complexity index is 146. The molecule has 1 rings (SSSR count). The zero-order chi connectivity index (χ0) is 9.35. The maximum absolute atomic E-state index is 9.65. The van der Waals surface area contributed by atoms with Gasteiger partial charge in [-0.05, 0) is 43.4 Å². The highest BCUT2D eigenvalue weighted by Gasteiger charge is 2.32. The van der Waals surface area contributed by atoms with Crippen molar-refractivity contribution in [1.82, 2.24) is 0 Å². The van der Waals surface area contributed by atoms with Crippen LogP contribution in [0.2, 0.25) is 0 Å². The number of aliphatic hydroxyl groups is 1. The molecule has 12 heavy (non-hydrogen) atoms. The van der Waals surface area contributed by atoms with Crippen molar-refractivity contribution in [3.05, 3.63) is 6.92 Å². The van der Waals surface area contributed by atoms with Gasteiger partial charge in [-0.15, -0.1) is 0 Å². The van der Waals surface area contributed by atoms with E-state index in [1.54, 1.807) is 0 Å². The molecule has 3 unspecified atom stereocenters. The van der Waals surface area contributed by atoms with Crippen LogP contribution in [0.5, 0.6) is 0 Å². The van der Waals surface area contributed by atoms with Crippen molar-refractivity contribution in [2.45, 2.75) is 46.1 Å². The lowest BCUT2D eigenvalue weighted by Gasteiger charge is -2.38. The van der Waals surface area contributed by atoms with Gasteiger partial charge >= 0.3 is 0 Å². The van der Waals surface area contributed by atoms with Crippen LogP contribution in [0.4, 0.5) is 0 Å². The second-order valence-corrected chi connectivity index (χ2v) is 5.20. The van der Waals surface area contributed by atoms with E-state index in [9.17, 15) is 5.11 Å². The summed E-state index contributed by atoms with van der Waals surface area (Å²) in [6.07, 6.45) is 3.10. The van der Waals surface area contributed by atoms with Crippen molar-refractivity contribution >= 4 is 0 Å². The molecule has 0 bridgehead atoms. The largest absolute Gasteiger partial charge is 0.393 e. The van der Waals surface area contributed by atoms with E-state index >= 15 is 0 Å². The standard InChI is InChI=1S/C11H21O/c1-8-5-6-9(7-10(8)12)11(2,3)4/h8-10,12H,1,5-7H2,2-4H3. The Kier molecular flexibility index (Phi) is 2.82. The van der Waals surface area contributed by atoms with Crippen molar-refractivity contribution in [3.63, 3.8) is 0 Å². The lowest BCUT2D eigenvalue weighted by atomic mass is 9.69. The fraction of sp³-hybridized carbons (Fsp3) is 0.909.